The van der Waals surface area contributed by atoms with Gasteiger partial charge in [0, 0.05) is 42.9 Å². The average molecular weight is 501 g/mol. The summed E-state index contributed by atoms with van der Waals surface area (Å²) in [7, 11) is 1.36. The number of piperidine rings is 1. The van der Waals surface area contributed by atoms with Gasteiger partial charge in [0.2, 0.25) is 0 Å². The first-order chi connectivity index (χ1) is 16.9. The van der Waals surface area contributed by atoms with Crippen LogP contribution in [0.25, 0.3) is 6.08 Å². The molecule has 10 heteroatoms. The molecule has 1 aliphatic carbocycles. The fourth-order valence-electron chi connectivity index (χ4n) is 4.42. The molecule has 1 aromatic heterocycles. The molecule has 0 bridgehead atoms. The molecule has 2 fully saturated rings. The van der Waals surface area contributed by atoms with Gasteiger partial charge in [-0.1, -0.05) is 30.0 Å². The first kappa shape index (κ1) is 25.3. The fourth-order valence-corrected chi connectivity index (χ4v) is 5.34. The van der Waals surface area contributed by atoms with Crippen molar-refractivity contribution in [2.45, 2.75) is 44.0 Å². The molecule has 1 saturated heterocycles. The number of ketones is 1. The molecule has 1 aromatic carbocycles. The lowest BCUT2D eigenvalue weighted by atomic mass is 9.93. The monoisotopic (exact) mass is 500 g/mol. The Morgan fingerprint density at radius 1 is 1.26 bits per heavy atom. The van der Waals surface area contributed by atoms with Gasteiger partial charge in [-0.2, -0.15) is 5.10 Å². The van der Waals surface area contributed by atoms with Crippen molar-refractivity contribution in [1.82, 2.24) is 20.2 Å². The standard InChI is InChI=1S/C25H29FN4O4S/c1-16(31)35-22-10-11-29(24(25(33)17-7-8-17)20-5-3-4-6-21(20)26)14-18(22)13-19-9-12-30(27-19)15-23(32)28-34-2/h3-6,9,12-13,17,22,24H,7-8,10-11,14-15H2,1-2H3,(H,28,32)/b18-13+. The second kappa shape index (κ2) is 11.3. The largest absolute Gasteiger partial charge is 0.297 e. The zero-order valence-corrected chi connectivity index (χ0v) is 20.6. The maximum atomic E-state index is 14.8. The first-order valence-corrected chi connectivity index (χ1v) is 12.5. The van der Waals surface area contributed by atoms with E-state index in [1.165, 1.54) is 36.5 Å². The first-order valence-electron chi connectivity index (χ1n) is 11.6. The van der Waals surface area contributed by atoms with E-state index in [9.17, 15) is 18.8 Å². The quantitative estimate of drug-likeness (QED) is 0.529. The number of amides is 1. The van der Waals surface area contributed by atoms with Gasteiger partial charge in [-0.05, 0) is 43.0 Å². The molecule has 2 atom stereocenters. The average Bonchev–Trinajstić information content (AvgIpc) is 3.58. The summed E-state index contributed by atoms with van der Waals surface area (Å²) in [5.41, 5.74) is 4.22. The summed E-state index contributed by atoms with van der Waals surface area (Å²) in [6.07, 6.45) is 5.93. The Morgan fingerprint density at radius 3 is 2.71 bits per heavy atom. The number of thioether (sulfide) groups is 1. The van der Waals surface area contributed by atoms with Crippen LogP contribution in [0.4, 0.5) is 4.39 Å². The maximum absolute atomic E-state index is 14.8. The van der Waals surface area contributed by atoms with Crippen molar-refractivity contribution >= 4 is 34.6 Å². The van der Waals surface area contributed by atoms with Crippen LogP contribution in [0, 0.1) is 11.7 Å². The lowest BCUT2D eigenvalue weighted by Crippen LogP contribution is -2.43. The number of nitrogens with one attached hydrogen (secondary N) is 1. The van der Waals surface area contributed by atoms with E-state index in [0.29, 0.717) is 30.8 Å². The number of halogens is 1. The van der Waals surface area contributed by atoms with E-state index in [-0.39, 0.29) is 40.3 Å². The molecule has 2 aliphatic rings. The number of aromatic nitrogens is 2. The second-order valence-electron chi connectivity index (χ2n) is 8.84. The molecule has 0 spiro atoms. The number of hydroxylamine groups is 1. The van der Waals surface area contributed by atoms with E-state index in [1.807, 2.05) is 11.0 Å². The molecule has 186 valence electrons. The van der Waals surface area contributed by atoms with Gasteiger partial charge in [-0.25, -0.2) is 9.87 Å². The second-order valence-corrected chi connectivity index (χ2v) is 10.2. The topological polar surface area (TPSA) is 93.5 Å². The van der Waals surface area contributed by atoms with Crippen LogP contribution in [0.15, 0.2) is 42.1 Å². The lowest BCUT2D eigenvalue weighted by Gasteiger charge is -2.38. The minimum atomic E-state index is -0.661. The summed E-state index contributed by atoms with van der Waals surface area (Å²) in [4.78, 5) is 43.6. The molecule has 2 heterocycles. The molecule has 2 unspecified atom stereocenters. The normalized spacial score (nSPS) is 20.5. The number of carbonyl (C=O) groups is 3. The molecule has 8 nitrogen and oxygen atoms in total. The van der Waals surface area contributed by atoms with Gasteiger partial charge in [0.1, 0.15) is 12.4 Å². The zero-order chi connectivity index (χ0) is 24.9. The Labute approximate surface area is 207 Å². The minimum Gasteiger partial charge on any atom is -0.297 e. The number of likely N-dealkylation sites (tertiary alicyclic amines) is 1. The predicted octanol–water partition coefficient (Wildman–Crippen LogP) is 3.16. The van der Waals surface area contributed by atoms with Crippen LogP contribution < -0.4 is 5.48 Å². The van der Waals surface area contributed by atoms with Crippen molar-refractivity contribution in [3.05, 3.63) is 59.2 Å². The summed E-state index contributed by atoms with van der Waals surface area (Å²) >= 11 is 1.26. The number of rotatable bonds is 9. The van der Waals surface area contributed by atoms with Gasteiger partial charge < -0.3 is 0 Å². The highest BCUT2D eigenvalue weighted by Gasteiger charge is 2.41. The molecule has 1 N–H and O–H groups in total. The van der Waals surface area contributed by atoms with Crippen LogP contribution >= 0.6 is 11.8 Å². The fraction of sp³-hybridized carbons (Fsp3) is 0.440. The third kappa shape index (κ3) is 6.45. The van der Waals surface area contributed by atoms with Gasteiger partial charge in [0.25, 0.3) is 5.91 Å². The molecular formula is C25H29FN4O4S. The number of carbonyl (C=O) groups excluding carboxylic acids is 3. The number of hydrogen-bond acceptors (Lipinski definition) is 7. The summed E-state index contributed by atoms with van der Waals surface area (Å²) < 4.78 is 16.3. The van der Waals surface area contributed by atoms with Crippen molar-refractivity contribution < 1.29 is 23.6 Å². The van der Waals surface area contributed by atoms with Crippen molar-refractivity contribution in [2.24, 2.45) is 5.92 Å². The van der Waals surface area contributed by atoms with Crippen molar-refractivity contribution in [1.29, 1.82) is 0 Å². The van der Waals surface area contributed by atoms with E-state index < -0.39 is 6.04 Å². The van der Waals surface area contributed by atoms with Gasteiger partial charge >= 0.3 is 0 Å². The maximum Gasteiger partial charge on any atom is 0.265 e. The van der Waals surface area contributed by atoms with Crippen molar-refractivity contribution in [3.63, 3.8) is 0 Å². The van der Waals surface area contributed by atoms with E-state index in [1.54, 1.807) is 30.5 Å². The van der Waals surface area contributed by atoms with E-state index in [0.717, 1.165) is 18.4 Å². The molecule has 1 amide bonds. The van der Waals surface area contributed by atoms with Crippen LogP contribution in [0.1, 0.15) is 43.5 Å². The van der Waals surface area contributed by atoms with Crippen molar-refractivity contribution in [3.8, 4) is 0 Å². The summed E-state index contributed by atoms with van der Waals surface area (Å²) in [6, 6.07) is 7.59. The third-order valence-electron chi connectivity index (χ3n) is 6.12. The molecule has 0 radical (unpaired) electrons. The summed E-state index contributed by atoms with van der Waals surface area (Å²) in [5, 5.41) is 4.38. The number of hydrogen-bond donors (Lipinski definition) is 1. The minimum absolute atomic E-state index is 0.0000111. The Morgan fingerprint density at radius 2 is 2.03 bits per heavy atom. The Balaban J connectivity index is 1.61. The van der Waals surface area contributed by atoms with E-state index in [2.05, 4.69) is 15.4 Å². The molecule has 4 rings (SSSR count). The van der Waals surface area contributed by atoms with Crippen LogP contribution in [-0.4, -0.2) is 56.9 Å². The van der Waals surface area contributed by atoms with Crippen molar-refractivity contribution in [2.75, 3.05) is 20.2 Å². The molecule has 2 aromatic rings. The third-order valence-corrected chi connectivity index (χ3v) is 7.27. The van der Waals surface area contributed by atoms with Gasteiger partial charge in [0.15, 0.2) is 10.9 Å². The summed E-state index contributed by atoms with van der Waals surface area (Å²) in [6.45, 7) is 2.53. The van der Waals surface area contributed by atoms with Crippen LogP contribution in [-0.2, 0) is 25.8 Å². The SMILES string of the molecule is CONC(=O)Cn1ccc(/C=C2\CN(C(C(=O)C3CC3)c3ccccc3F)CCC2SC(C)=O)n1. The number of nitrogens with zero attached hydrogens (tertiary/aromatic N) is 3. The lowest BCUT2D eigenvalue weighted by molar-refractivity contribution is -0.132. The Hall–Kier alpha value is -2.82. The smallest absolute Gasteiger partial charge is 0.265 e. The van der Waals surface area contributed by atoms with Crippen LogP contribution in [0.3, 0.4) is 0 Å². The predicted molar refractivity (Wildman–Crippen MR) is 130 cm³/mol. The number of Topliss-reactive ketones (excluding diaryl/α,β-unsaturated/α-hetero) is 1. The van der Waals surface area contributed by atoms with Crippen LogP contribution in [0.2, 0.25) is 0 Å². The molecular weight excluding hydrogens is 471 g/mol. The molecule has 1 saturated carbocycles. The highest BCUT2D eigenvalue weighted by atomic mass is 32.2. The summed E-state index contributed by atoms with van der Waals surface area (Å²) in [5.74, 6) is -0.689. The highest BCUT2D eigenvalue weighted by molar-refractivity contribution is 8.14. The Kier molecular flexibility index (Phi) is 8.15. The van der Waals surface area contributed by atoms with Gasteiger partial charge in [-0.15, -0.1) is 0 Å². The zero-order valence-electron chi connectivity index (χ0n) is 19.8. The van der Waals surface area contributed by atoms with E-state index >= 15 is 0 Å². The van der Waals surface area contributed by atoms with Gasteiger partial charge in [-0.3, -0.25) is 28.8 Å². The van der Waals surface area contributed by atoms with E-state index in [4.69, 9.17) is 0 Å². The molecule has 1 aliphatic heterocycles. The van der Waals surface area contributed by atoms with Gasteiger partial charge in [0.05, 0.1) is 18.8 Å². The Bertz CT molecular complexity index is 1130. The highest BCUT2D eigenvalue weighted by Crippen LogP contribution is 2.40. The van der Waals surface area contributed by atoms with Crippen LogP contribution in [0.5, 0.6) is 0 Å². The molecule has 35 heavy (non-hydrogen) atoms. The number of benzene rings is 1.